The molecule has 3 rings (SSSR count). The number of hydrogen-bond donors (Lipinski definition) is 2. The maximum atomic E-state index is 12.6. The van der Waals surface area contributed by atoms with Gasteiger partial charge in [0.1, 0.15) is 0 Å². The Labute approximate surface area is 154 Å². The number of nitrogens with zero attached hydrogens (tertiary/aromatic N) is 2. The van der Waals surface area contributed by atoms with Crippen molar-refractivity contribution in [3.05, 3.63) is 71.2 Å². The summed E-state index contributed by atoms with van der Waals surface area (Å²) in [5.74, 6) is -0.745. The summed E-state index contributed by atoms with van der Waals surface area (Å²) in [7, 11) is 0. The molecule has 0 aliphatic rings. The van der Waals surface area contributed by atoms with Crippen LogP contribution < -0.4 is 10.6 Å². The molecule has 0 saturated carbocycles. The zero-order valence-corrected chi connectivity index (χ0v) is 14.4. The van der Waals surface area contributed by atoms with Crippen molar-refractivity contribution in [2.24, 2.45) is 0 Å². The van der Waals surface area contributed by atoms with E-state index < -0.39 is 0 Å². The van der Waals surface area contributed by atoms with Gasteiger partial charge in [0.15, 0.2) is 5.13 Å². The third kappa shape index (κ3) is 3.94. The van der Waals surface area contributed by atoms with E-state index in [0.717, 1.165) is 0 Å². The maximum Gasteiger partial charge on any atom is 0.252 e. The van der Waals surface area contributed by atoms with Crippen molar-refractivity contribution >= 4 is 28.3 Å². The molecule has 3 aromatic rings. The number of benzene rings is 2. The van der Waals surface area contributed by atoms with E-state index in [-0.39, 0.29) is 18.4 Å². The molecule has 0 radical (unpaired) electrons. The fourth-order valence-electron chi connectivity index (χ4n) is 2.44. The minimum Gasteiger partial charge on any atom is -0.343 e. The fourth-order valence-corrected chi connectivity index (χ4v) is 2.98. The molecule has 0 fully saturated rings. The van der Waals surface area contributed by atoms with Crippen LogP contribution in [0.1, 0.15) is 15.9 Å². The van der Waals surface area contributed by atoms with Crippen LogP contribution in [0.5, 0.6) is 0 Å². The van der Waals surface area contributed by atoms with Gasteiger partial charge in [0.25, 0.3) is 5.91 Å². The summed E-state index contributed by atoms with van der Waals surface area (Å²) in [5, 5.41) is 16.7. The van der Waals surface area contributed by atoms with Crippen molar-refractivity contribution in [1.82, 2.24) is 10.3 Å². The number of anilines is 1. The Bertz CT molecular complexity index is 977. The van der Waals surface area contributed by atoms with E-state index in [4.69, 9.17) is 0 Å². The van der Waals surface area contributed by atoms with Gasteiger partial charge < -0.3 is 10.6 Å². The number of thiazole rings is 1. The Morgan fingerprint density at radius 1 is 1.08 bits per heavy atom. The molecule has 0 aliphatic carbocycles. The number of amides is 2. The van der Waals surface area contributed by atoms with Crippen LogP contribution in [0.4, 0.5) is 5.13 Å². The summed E-state index contributed by atoms with van der Waals surface area (Å²) in [6, 6.07) is 16.2. The topological polar surface area (TPSA) is 94.9 Å². The van der Waals surface area contributed by atoms with Gasteiger partial charge >= 0.3 is 0 Å². The normalized spacial score (nSPS) is 9.96. The van der Waals surface area contributed by atoms with Crippen LogP contribution in [0.15, 0.2) is 60.1 Å². The van der Waals surface area contributed by atoms with Gasteiger partial charge in [-0.05, 0) is 17.7 Å². The lowest BCUT2D eigenvalue weighted by molar-refractivity contribution is -0.115. The van der Waals surface area contributed by atoms with Crippen molar-refractivity contribution in [2.75, 3.05) is 11.9 Å². The lowest BCUT2D eigenvalue weighted by Gasteiger charge is -2.11. The van der Waals surface area contributed by atoms with Crippen molar-refractivity contribution in [3.8, 4) is 17.2 Å². The van der Waals surface area contributed by atoms with Crippen molar-refractivity contribution < 1.29 is 9.59 Å². The summed E-state index contributed by atoms with van der Waals surface area (Å²) in [6.45, 7) is -0.174. The monoisotopic (exact) mass is 362 g/mol. The van der Waals surface area contributed by atoms with Gasteiger partial charge in [0.05, 0.1) is 18.2 Å². The zero-order valence-electron chi connectivity index (χ0n) is 13.6. The Balaban J connectivity index is 1.76. The molecule has 6 nitrogen and oxygen atoms in total. The van der Waals surface area contributed by atoms with Crippen LogP contribution in [0.2, 0.25) is 0 Å². The van der Waals surface area contributed by atoms with Gasteiger partial charge in [-0.1, -0.05) is 36.4 Å². The first kappa shape index (κ1) is 17.3. The smallest absolute Gasteiger partial charge is 0.252 e. The number of nitrogens with one attached hydrogen (secondary N) is 2. The summed E-state index contributed by atoms with van der Waals surface area (Å²) in [6.07, 6.45) is 1.59. The number of nitriles is 1. The maximum absolute atomic E-state index is 12.6. The van der Waals surface area contributed by atoms with Gasteiger partial charge in [-0.15, -0.1) is 11.3 Å². The average molecular weight is 362 g/mol. The predicted molar refractivity (Wildman–Crippen MR) is 99.7 cm³/mol. The molecule has 0 unspecified atom stereocenters. The highest BCUT2D eigenvalue weighted by atomic mass is 32.1. The van der Waals surface area contributed by atoms with Crippen LogP contribution in [0.25, 0.3) is 11.1 Å². The van der Waals surface area contributed by atoms with Gasteiger partial charge in [0.2, 0.25) is 5.91 Å². The second-order valence-corrected chi connectivity index (χ2v) is 6.17. The van der Waals surface area contributed by atoms with Crippen LogP contribution in [0, 0.1) is 11.3 Å². The minimum atomic E-state index is -0.386. The third-order valence-corrected chi connectivity index (χ3v) is 4.29. The molecule has 0 aliphatic heterocycles. The number of hydrogen-bond acceptors (Lipinski definition) is 5. The average Bonchev–Trinajstić information content (AvgIpc) is 3.19. The molecule has 2 amide bonds. The van der Waals surface area contributed by atoms with Gasteiger partial charge in [-0.3, -0.25) is 9.59 Å². The number of carbonyl (C=O) groups excluding carboxylic acids is 2. The first-order chi connectivity index (χ1) is 12.7. The molecule has 0 bridgehead atoms. The number of aromatic nitrogens is 1. The van der Waals surface area contributed by atoms with E-state index in [0.29, 0.717) is 27.4 Å². The highest BCUT2D eigenvalue weighted by Gasteiger charge is 2.15. The molecular formula is C19H14N4O2S. The van der Waals surface area contributed by atoms with Crippen LogP contribution in [-0.2, 0) is 4.79 Å². The molecule has 128 valence electrons. The molecule has 2 N–H and O–H groups in total. The third-order valence-electron chi connectivity index (χ3n) is 3.60. The Morgan fingerprint density at radius 3 is 2.54 bits per heavy atom. The van der Waals surface area contributed by atoms with E-state index in [1.54, 1.807) is 54.0 Å². The molecule has 0 saturated heterocycles. The molecule has 1 heterocycles. The molecule has 2 aromatic carbocycles. The Morgan fingerprint density at radius 2 is 1.81 bits per heavy atom. The minimum absolute atomic E-state index is 0.174. The van der Waals surface area contributed by atoms with E-state index in [9.17, 15) is 14.9 Å². The Kier molecular flexibility index (Phi) is 5.37. The number of carbonyl (C=O) groups is 2. The quantitative estimate of drug-likeness (QED) is 0.729. The number of rotatable bonds is 5. The summed E-state index contributed by atoms with van der Waals surface area (Å²) < 4.78 is 0. The lowest BCUT2D eigenvalue weighted by atomic mass is 9.95. The Hall–Kier alpha value is -3.50. The van der Waals surface area contributed by atoms with Gasteiger partial charge in [-0.25, -0.2) is 4.98 Å². The lowest BCUT2D eigenvalue weighted by Crippen LogP contribution is -2.33. The standard InChI is InChI=1S/C19H14N4O2S/c20-11-13-5-1-2-6-14(13)15-7-3-4-8-16(15)18(25)22-12-17(24)23-19-21-9-10-26-19/h1-10H,12H2,(H,22,25)(H,21,23,24). The van der Waals surface area contributed by atoms with E-state index in [1.165, 1.54) is 11.3 Å². The van der Waals surface area contributed by atoms with Crippen molar-refractivity contribution in [2.45, 2.75) is 0 Å². The first-order valence-corrected chi connectivity index (χ1v) is 8.63. The first-order valence-electron chi connectivity index (χ1n) is 7.75. The van der Waals surface area contributed by atoms with Crippen LogP contribution in [0.3, 0.4) is 0 Å². The molecule has 1 aromatic heterocycles. The second-order valence-electron chi connectivity index (χ2n) is 5.27. The van der Waals surface area contributed by atoms with Gasteiger partial charge in [0, 0.05) is 22.7 Å². The largest absolute Gasteiger partial charge is 0.343 e. The molecular weight excluding hydrogens is 348 g/mol. The van der Waals surface area contributed by atoms with Crippen molar-refractivity contribution in [1.29, 1.82) is 5.26 Å². The molecule has 26 heavy (non-hydrogen) atoms. The highest BCUT2D eigenvalue weighted by molar-refractivity contribution is 7.13. The molecule has 0 spiro atoms. The molecule has 0 atom stereocenters. The van der Waals surface area contributed by atoms with E-state index in [2.05, 4.69) is 21.7 Å². The van der Waals surface area contributed by atoms with E-state index in [1.807, 2.05) is 6.07 Å². The van der Waals surface area contributed by atoms with Gasteiger partial charge in [-0.2, -0.15) is 5.26 Å². The zero-order chi connectivity index (χ0) is 18.4. The second kappa shape index (κ2) is 8.05. The predicted octanol–water partition coefficient (Wildman–Crippen LogP) is 3.05. The van der Waals surface area contributed by atoms with E-state index >= 15 is 0 Å². The van der Waals surface area contributed by atoms with Crippen LogP contribution in [-0.4, -0.2) is 23.3 Å². The SMILES string of the molecule is N#Cc1ccccc1-c1ccccc1C(=O)NCC(=O)Nc1nccs1. The van der Waals surface area contributed by atoms with Crippen molar-refractivity contribution in [3.63, 3.8) is 0 Å². The summed E-state index contributed by atoms with van der Waals surface area (Å²) in [5.41, 5.74) is 2.20. The summed E-state index contributed by atoms with van der Waals surface area (Å²) in [4.78, 5) is 28.4. The highest BCUT2D eigenvalue weighted by Crippen LogP contribution is 2.26. The summed E-state index contributed by atoms with van der Waals surface area (Å²) >= 11 is 1.30. The van der Waals surface area contributed by atoms with Crippen LogP contribution >= 0.6 is 11.3 Å². The molecule has 7 heteroatoms. The fraction of sp³-hybridized carbons (Fsp3) is 0.0526.